The van der Waals surface area contributed by atoms with Crippen LogP contribution in [-0.4, -0.2) is 28.8 Å². The van der Waals surface area contributed by atoms with Crippen molar-refractivity contribution in [3.8, 4) is 0 Å². The van der Waals surface area contributed by atoms with Crippen molar-refractivity contribution in [2.24, 2.45) is 5.92 Å². The number of benzene rings is 2. The van der Waals surface area contributed by atoms with E-state index in [1.807, 2.05) is 24.3 Å². The number of hydrogen-bond acceptors (Lipinski definition) is 4. The Labute approximate surface area is 156 Å². The van der Waals surface area contributed by atoms with Crippen LogP contribution >= 0.6 is 11.6 Å². The standard InChI is InChI=1S/C19H20ClN3O3/c20-18-9-2-1-5-14(18)12-22-10-4-6-15(13-22)19(24)21-16-7-3-8-17(11-16)23(25)26/h1-3,5,7-9,11,15H,4,6,10,12-13H2,(H,21,24)/t15-/m0/s1. The van der Waals surface area contributed by atoms with Gasteiger partial charge in [0.15, 0.2) is 0 Å². The predicted molar refractivity (Wildman–Crippen MR) is 101 cm³/mol. The molecule has 1 atom stereocenters. The Bertz CT molecular complexity index is 812. The number of anilines is 1. The van der Waals surface area contributed by atoms with E-state index in [9.17, 15) is 14.9 Å². The highest BCUT2D eigenvalue weighted by Crippen LogP contribution is 2.24. The molecule has 0 aliphatic carbocycles. The lowest BCUT2D eigenvalue weighted by atomic mass is 9.96. The van der Waals surface area contributed by atoms with Gasteiger partial charge in [-0.05, 0) is 37.1 Å². The van der Waals surface area contributed by atoms with Gasteiger partial charge in [-0.1, -0.05) is 35.9 Å². The molecule has 3 rings (SSSR count). The number of halogens is 1. The lowest BCUT2D eigenvalue weighted by Gasteiger charge is -2.32. The molecule has 1 saturated heterocycles. The van der Waals surface area contributed by atoms with E-state index in [0.717, 1.165) is 30.0 Å². The van der Waals surface area contributed by atoms with E-state index in [2.05, 4.69) is 10.2 Å². The van der Waals surface area contributed by atoms with Gasteiger partial charge in [0.2, 0.25) is 5.91 Å². The first kappa shape index (κ1) is 18.4. The molecule has 1 amide bonds. The molecular weight excluding hydrogens is 354 g/mol. The number of rotatable bonds is 5. The first-order valence-electron chi connectivity index (χ1n) is 8.54. The monoisotopic (exact) mass is 373 g/mol. The van der Waals surface area contributed by atoms with Crippen molar-refractivity contribution in [3.63, 3.8) is 0 Å². The summed E-state index contributed by atoms with van der Waals surface area (Å²) in [6.45, 7) is 2.28. The Kier molecular flexibility index (Phi) is 5.85. The van der Waals surface area contributed by atoms with Crippen molar-refractivity contribution in [2.75, 3.05) is 18.4 Å². The minimum atomic E-state index is -0.471. The fourth-order valence-corrected chi connectivity index (χ4v) is 3.42. The summed E-state index contributed by atoms with van der Waals surface area (Å²) < 4.78 is 0. The predicted octanol–water partition coefficient (Wildman–Crippen LogP) is 4.10. The molecule has 1 aliphatic heterocycles. The van der Waals surface area contributed by atoms with Gasteiger partial charge in [0.25, 0.3) is 5.69 Å². The van der Waals surface area contributed by atoms with Gasteiger partial charge in [-0.15, -0.1) is 0 Å². The molecule has 7 heteroatoms. The van der Waals surface area contributed by atoms with Gasteiger partial charge in [-0.25, -0.2) is 0 Å². The highest BCUT2D eigenvalue weighted by Gasteiger charge is 2.26. The number of piperidine rings is 1. The zero-order valence-electron chi connectivity index (χ0n) is 14.2. The van der Waals surface area contributed by atoms with E-state index >= 15 is 0 Å². The summed E-state index contributed by atoms with van der Waals surface area (Å²) in [5.41, 5.74) is 1.47. The van der Waals surface area contributed by atoms with Gasteiger partial charge in [0.1, 0.15) is 0 Å². The zero-order chi connectivity index (χ0) is 18.5. The smallest absolute Gasteiger partial charge is 0.271 e. The number of nitrogens with one attached hydrogen (secondary N) is 1. The maximum absolute atomic E-state index is 12.6. The van der Waals surface area contributed by atoms with Crippen LogP contribution in [0.2, 0.25) is 5.02 Å². The van der Waals surface area contributed by atoms with Crippen LogP contribution < -0.4 is 5.32 Å². The first-order chi connectivity index (χ1) is 12.5. The lowest BCUT2D eigenvalue weighted by molar-refractivity contribution is -0.384. The van der Waals surface area contributed by atoms with Crippen molar-refractivity contribution < 1.29 is 9.72 Å². The Morgan fingerprint density at radius 3 is 2.85 bits per heavy atom. The second-order valence-corrected chi connectivity index (χ2v) is 6.87. The lowest BCUT2D eigenvalue weighted by Crippen LogP contribution is -2.40. The summed E-state index contributed by atoms with van der Waals surface area (Å²) in [6, 6.07) is 13.7. The number of carbonyl (C=O) groups is 1. The quantitative estimate of drug-likeness (QED) is 0.632. The van der Waals surface area contributed by atoms with Crippen molar-refractivity contribution in [1.82, 2.24) is 4.90 Å². The van der Waals surface area contributed by atoms with Gasteiger partial charge >= 0.3 is 0 Å². The van der Waals surface area contributed by atoms with Gasteiger partial charge in [-0.3, -0.25) is 19.8 Å². The largest absolute Gasteiger partial charge is 0.326 e. The summed E-state index contributed by atoms with van der Waals surface area (Å²) in [5.74, 6) is -0.250. The molecule has 0 saturated carbocycles. The summed E-state index contributed by atoms with van der Waals surface area (Å²) in [4.78, 5) is 25.2. The third-order valence-corrected chi connectivity index (χ3v) is 4.92. The Morgan fingerprint density at radius 2 is 2.08 bits per heavy atom. The summed E-state index contributed by atoms with van der Waals surface area (Å²) in [6.07, 6.45) is 1.73. The Morgan fingerprint density at radius 1 is 1.27 bits per heavy atom. The van der Waals surface area contributed by atoms with Crippen molar-refractivity contribution in [3.05, 3.63) is 69.2 Å². The molecule has 26 heavy (non-hydrogen) atoms. The van der Waals surface area contributed by atoms with Crippen LogP contribution in [0, 0.1) is 16.0 Å². The van der Waals surface area contributed by atoms with Gasteiger partial charge in [0, 0.05) is 35.9 Å². The van der Waals surface area contributed by atoms with E-state index in [4.69, 9.17) is 11.6 Å². The van der Waals surface area contributed by atoms with Crippen LogP contribution in [0.3, 0.4) is 0 Å². The number of carbonyl (C=O) groups excluding carboxylic acids is 1. The van der Waals surface area contributed by atoms with E-state index < -0.39 is 4.92 Å². The van der Waals surface area contributed by atoms with Gasteiger partial charge in [-0.2, -0.15) is 0 Å². The highest BCUT2D eigenvalue weighted by molar-refractivity contribution is 6.31. The van der Waals surface area contributed by atoms with E-state index in [1.54, 1.807) is 12.1 Å². The molecule has 0 bridgehead atoms. The number of likely N-dealkylation sites (tertiary alicyclic amines) is 1. The molecule has 0 unspecified atom stereocenters. The maximum atomic E-state index is 12.6. The fraction of sp³-hybridized carbons (Fsp3) is 0.316. The number of nitro benzene ring substituents is 1. The summed E-state index contributed by atoms with van der Waals surface area (Å²) in [7, 11) is 0. The molecule has 2 aromatic carbocycles. The topological polar surface area (TPSA) is 75.5 Å². The second-order valence-electron chi connectivity index (χ2n) is 6.46. The van der Waals surface area contributed by atoms with Crippen LogP contribution in [0.5, 0.6) is 0 Å². The number of nitro groups is 1. The maximum Gasteiger partial charge on any atom is 0.271 e. The van der Waals surface area contributed by atoms with Crippen molar-refractivity contribution in [2.45, 2.75) is 19.4 Å². The number of nitrogens with zero attached hydrogens (tertiary/aromatic N) is 2. The third kappa shape index (κ3) is 4.59. The molecular formula is C19H20ClN3O3. The molecule has 1 N–H and O–H groups in total. The van der Waals surface area contributed by atoms with Crippen LogP contribution in [0.1, 0.15) is 18.4 Å². The van der Waals surface area contributed by atoms with Crippen molar-refractivity contribution in [1.29, 1.82) is 0 Å². The minimum absolute atomic E-state index is 0.0354. The normalized spacial score (nSPS) is 17.7. The molecule has 0 radical (unpaired) electrons. The van der Waals surface area contributed by atoms with Crippen LogP contribution in [-0.2, 0) is 11.3 Å². The number of non-ortho nitro benzene ring substituents is 1. The average molecular weight is 374 g/mol. The van der Waals surface area contributed by atoms with Gasteiger partial charge in [0.05, 0.1) is 10.8 Å². The summed E-state index contributed by atoms with van der Waals surface area (Å²) in [5, 5.41) is 14.4. The first-order valence-corrected chi connectivity index (χ1v) is 8.92. The fourth-order valence-electron chi connectivity index (χ4n) is 3.22. The molecule has 1 fully saturated rings. The van der Waals surface area contributed by atoms with E-state index in [-0.39, 0.29) is 17.5 Å². The van der Waals surface area contributed by atoms with Crippen LogP contribution in [0.15, 0.2) is 48.5 Å². The molecule has 2 aromatic rings. The van der Waals surface area contributed by atoms with Crippen LogP contribution in [0.4, 0.5) is 11.4 Å². The highest BCUT2D eigenvalue weighted by atomic mass is 35.5. The third-order valence-electron chi connectivity index (χ3n) is 4.55. The molecule has 1 aliphatic rings. The van der Waals surface area contributed by atoms with Crippen molar-refractivity contribution >= 4 is 28.9 Å². The number of amides is 1. The number of hydrogen-bond donors (Lipinski definition) is 1. The van der Waals surface area contributed by atoms with Gasteiger partial charge < -0.3 is 5.32 Å². The minimum Gasteiger partial charge on any atom is -0.326 e. The molecule has 0 aromatic heterocycles. The summed E-state index contributed by atoms with van der Waals surface area (Å²) >= 11 is 6.23. The zero-order valence-corrected chi connectivity index (χ0v) is 15.0. The molecule has 6 nitrogen and oxygen atoms in total. The average Bonchev–Trinajstić information content (AvgIpc) is 2.64. The van der Waals surface area contributed by atoms with E-state index in [0.29, 0.717) is 18.8 Å². The molecule has 136 valence electrons. The Hall–Kier alpha value is -2.44. The van der Waals surface area contributed by atoms with Crippen LogP contribution in [0.25, 0.3) is 0 Å². The molecule has 0 spiro atoms. The van der Waals surface area contributed by atoms with E-state index in [1.165, 1.54) is 12.1 Å². The molecule has 1 heterocycles. The Balaban J connectivity index is 1.62. The SMILES string of the molecule is O=C(Nc1cccc([N+](=O)[O-])c1)[C@H]1CCCN(Cc2ccccc2Cl)C1. The second kappa shape index (κ2) is 8.29.